The monoisotopic (exact) mass is 878 g/mol. The molecule has 1 aromatic carbocycles. The number of ether oxygens (including phenoxy) is 5. The molecular weight excluding hydrogens is 811 g/mol. The molecule has 6 rings (SSSR count). The van der Waals surface area contributed by atoms with Crippen molar-refractivity contribution < 1.29 is 43.2 Å². The van der Waals surface area contributed by atoms with Crippen molar-refractivity contribution in [2.75, 3.05) is 31.2 Å². The maximum absolute atomic E-state index is 14.5. The zero-order valence-corrected chi connectivity index (χ0v) is 38.1. The van der Waals surface area contributed by atoms with E-state index >= 15 is 0 Å². The molecule has 18 nitrogen and oxygen atoms in total. The van der Waals surface area contributed by atoms with Gasteiger partial charge < -0.3 is 45.2 Å². The van der Waals surface area contributed by atoms with E-state index in [2.05, 4.69) is 37.8 Å². The normalized spacial score (nSPS) is 34.7. The fraction of sp³-hybridized carbons (Fsp3) is 0.667. The Labute approximate surface area is 370 Å². The second kappa shape index (κ2) is 20.4. The predicted molar refractivity (Wildman–Crippen MR) is 234 cm³/mol. The van der Waals surface area contributed by atoms with Gasteiger partial charge in [-0.25, -0.2) is 9.78 Å². The first-order valence-electron chi connectivity index (χ1n) is 22.3. The van der Waals surface area contributed by atoms with Crippen LogP contribution in [0.1, 0.15) is 87.5 Å². The van der Waals surface area contributed by atoms with E-state index in [0.29, 0.717) is 63.2 Å². The number of benzene rings is 1. The van der Waals surface area contributed by atoms with Crippen molar-refractivity contribution in [3.63, 3.8) is 0 Å². The van der Waals surface area contributed by atoms with E-state index in [4.69, 9.17) is 29.4 Å². The van der Waals surface area contributed by atoms with Crippen LogP contribution in [0.2, 0.25) is 0 Å². The molecule has 18 heteroatoms. The third-order valence-corrected chi connectivity index (χ3v) is 13.1. The smallest absolute Gasteiger partial charge is 0.410 e. The Balaban J connectivity index is 1.21. The molecule has 0 bridgehead atoms. The number of aryl methyl sites for hydroxylation is 1. The zero-order valence-electron chi connectivity index (χ0n) is 38.1. The number of fused-ring (bicyclic) bond motifs is 1. The summed E-state index contributed by atoms with van der Waals surface area (Å²) in [6.45, 7) is 16.2. The first-order chi connectivity index (χ1) is 30.0. The highest BCUT2D eigenvalue weighted by molar-refractivity contribution is 6.00. The van der Waals surface area contributed by atoms with Gasteiger partial charge in [0.2, 0.25) is 0 Å². The molecule has 5 N–H and O–H groups in total. The molecule has 0 aliphatic carbocycles. The van der Waals surface area contributed by atoms with E-state index in [0.717, 1.165) is 11.3 Å². The number of rotatable bonds is 12. The molecule has 5 heterocycles. The number of nitrogens with two attached hydrogens (primary N) is 1. The Kier molecular flexibility index (Phi) is 15.4. The lowest BCUT2D eigenvalue weighted by atomic mass is 9.78. The van der Waals surface area contributed by atoms with Crippen LogP contribution in [-0.4, -0.2) is 133 Å². The van der Waals surface area contributed by atoms with Crippen molar-refractivity contribution in [1.29, 1.82) is 0 Å². The topological polar surface area (TPSA) is 227 Å². The maximum Gasteiger partial charge on any atom is 0.410 e. The molecule has 346 valence electrons. The lowest BCUT2D eigenvalue weighted by Gasteiger charge is -2.46. The lowest BCUT2D eigenvalue weighted by molar-refractivity contribution is -0.287. The second-order valence-electron chi connectivity index (χ2n) is 18.1. The number of carbonyl (C=O) groups excluding carboxylic acids is 3. The largest absolute Gasteiger partial charge is 0.458 e. The summed E-state index contributed by atoms with van der Waals surface area (Å²) in [5.41, 5.74) is 5.86. The van der Waals surface area contributed by atoms with Crippen LogP contribution >= 0.6 is 0 Å². The van der Waals surface area contributed by atoms with Gasteiger partial charge >= 0.3 is 12.1 Å². The molecule has 3 aliphatic rings. The van der Waals surface area contributed by atoms with Crippen molar-refractivity contribution in [3.05, 3.63) is 49.1 Å². The van der Waals surface area contributed by atoms with E-state index in [9.17, 15) is 19.5 Å². The minimum absolute atomic E-state index is 0.0481. The van der Waals surface area contributed by atoms with Crippen molar-refractivity contribution in [2.45, 2.75) is 154 Å². The van der Waals surface area contributed by atoms with Crippen molar-refractivity contribution in [1.82, 2.24) is 35.2 Å². The number of aliphatic hydroxyl groups is 1. The molecule has 2 aromatic heterocycles. The second-order valence-corrected chi connectivity index (χ2v) is 18.1. The summed E-state index contributed by atoms with van der Waals surface area (Å²) in [7, 11) is 1.57. The predicted octanol–water partition coefficient (Wildman–Crippen LogP) is 4.62. The SMILES string of the molecule is CC[C@H]1OC(=O)[C@H](C)C(=O)[C@H](C)[C@@H](O[C@@H]2OC(C)CC(Nc3cnccn3)C2O)[C@](C)(OC)C[C@@H](C)CN[C@H](C)[C@H]2N(CCCCn3cc(-c4cccc(N)c4)nn3)C(=O)O[C@]12C. The summed E-state index contributed by atoms with van der Waals surface area (Å²) >= 11 is 0. The van der Waals surface area contributed by atoms with Crippen LogP contribution in [0.15, 0.2) is 49.1 Å². The molecule has 0 spiro atoms. The molecule has 3 fully saturated rings. The van der Waals surface area contributed by atoms with Crippen LogP contribution < -0.4 is 16.4 Å². The Morgan fingerprint density at radius 2 is 1.84 bits per heavy atom. The number of amides is 1. The number of nitrogens with zero attached hydrogens (tertiary/aromatic N) is 6. The van der Waals surface area contributed by atoms with Crippen LogP contribution in [0.4, 0.5) is 16.3 Å². The van der Waals surface area contributed by atoms with Crippen molar-refractivity contribution >= 4 is 29.4 Å². The first kappa shape index (κ1) is 47.7. The Hall–Kier alpha value is -4.75. The summed E-state index contributed by atoms with van der Waals surface area (Å²) in [5, 5.41) is 27.2. The zero-order chi connectivity index (χ0) is 45.6. The molecule has 3 aliphatic heterocycles. The van der Waals surface area contributed by atoms with Gasteiger partial charge in [-0.2, -0.15) is 0 Å². The number of aliphatic hydroxyl groups excluding tert-OH is 1. The van der Waals surface area contributed by atoms with Crippen LogP contribution in [0.3, 0.4) is 0 Å². The van der Waals surface area contributed by atoms with Crippen LogP contribution in [0, 0.1) is 17.8 Å². The van der Waals surface area contributed by atoms with Crippen LogP contribution in [0.5, 0.6) is 0 Å². The highest BCUT2D eigenvalue weighted by Crippen LogP contribution is 2.40. The van der Waals surface area contributed by atoms with Gasteiger partial charge in [-0.3, -0.25) is 24.2 Å². The number of ketones is 1. The number of cyclic esters (lactones) is 1. The van der Waals surface area contributed by atoms with Gasteiger partial charge in [-0.05, 0) is 91.3 Å². The van der Waals surface area contributed by atoms with Crippen LogP contribution in [0.25, 0.3) is 11.3 Å². The average molecular weight is 878 g/mol. The minimum Gasteiger partial charge on any atom is -0.458 e. The molecule has 3 unspecified atom stereocenters. The number of nitrogen functional groups attached to an aromatic ring is 1. The summed E-state index contributed by atoms with van der Waals surface area (Å²) in [6.07, 6.45) is 4.17. The molecule has 3 saturated heterocycles. The number of carbonyl (C=O) groups is 3. The quantitative estimate of drug-likeness (QED) is 0.0842. The highest BCUT2D eigenvalue weighted by atomic mass is 16.7. The molecule has 1 amide bonds. The number of unbranched alkanes of at least 4 members (excludes halogenated alkanes) is 1. The van der Waals surface area contributed by atoms with E-state index in [-0.39, 0.29) is 18.1 Å². The number of methoxy groups -OCH3 is 1. The van der Waals surface area contributed by atoms with Crippen molar-refractivity contribution in [2.24, 2.45) is 17.8 Å². The fourth-order valence-corrected chi connectivity index (χ4v) is 9.67. The Bertz CT molecular complexity index is 2010. The van der Waals surface area contributed by atoms with E-state index < -0.39 is 77.6 Å². The number of hydrogen-bond acceptors (Lipinski definition) is 16. The number of Topliss-reactive ketones (excluding diaryl/α,β-unsaturated/α-hetero) is 1. The molecule has 0 radical (unpaired) electrons. The van der Waals surface area contributed by atoms with Gasteiger partial charge in [0.1, 0.15) is 29.6 Å². The summed E-state index contributed by atoms with van der Waals surface area (Å²) in [5.74, 6) is -2.85. The summed E-state index contributed by atoms with van der Waals surface area (Å²) in [4.78, 5) is 52.6. The number of nitrogens with one attached hydrogen (secondary N) is 2. The van der Waals surface area contributed by atoms with Crippen molar-refractivity contribution in [3.8, 4) is 11.3 Å². The number of hydrogen-bond donors (Lipinski definition) is 4. The molecule has 63 heavy (non-hydrogen) atoms. The maximum atomic E-state index is 14.5. The van der Waals surface area contributed by atoms with Gasteiger partial charge in [0, 0.05) is 55.8 Å². The Morgan fingerprint density at radius 1 is 1.08 bits per heavy atom. The lowest BCUT2D eigenvalue weighted by Crippen LogP contribution is -2.61. The van der Waals surface area contributed by atoms with E-state index in [1.807, 2.05) is 65.1 Å². The van der Waals surface area contributed by atoms with Crippen LogP contribution in [-0.2, 0) is 39.8 Å². The number of aromatic nitrogens is 5. The fourth-order valence-electron chi connectivity index (χ4n) is 9.67. The van der Waals surface area contributed by atoms with Gasteiger partial charge in [0.05, 0.1) is 42.3 Å². The third-order valence-electron chi connectivity index (χ3n) is 13.1. The van der Waals surface area contributed by atoms with E-state index in [1.165, 1.54) is 6.92 Å². The average Bonchev–Trinajstić information content (AvgIpc) is 3.84. The summed E-state index contributed by atoms with van der Waals surface area (Å²) in [6, 6.07) is 6.13. The van der Waals surface area contributed by atoms with Gasteiger partial charge in [0.15, 0.2) is 17.7 Å². The van der Waals surface area contributed by atoms with Gasteiger partial charge in [-0.1, -0.05) is 38.1 Å². The highest BCUT2D eigenvalue weighted by Gasteiger charge is 2.58. The Morgan fingerprint density at radius 3 is 2.54 bits per heavy atom. The minimum atomic E-state index is -1.25. The molecule has 3 aromatic rings. The number of esters is 1. The first-order valence-corrected chi connectivity index (χ1v) is 22.3. The standard InChI is InChI=1S/C45H67N9O9/c1-10-35-45(8)39(54(43(58)63-45)19-12-11-18-53-25-34(51-52-53)31-14-13-15-32(46)21-31)30(6)49-23-26(2)22-44(7,59-9)40(28(4)37(55)29(5)41(57)61-35)62-42-38(56)33(20-27(3)60-42)50-36-24-47-16-17-48-36/h13-17,21,24-30,33,35,38-40,42,49,56H,10-12,18-20,22-23,46H2,1-9H3,(H,48,50)/t26-,27?,28+,29-,30-,33?,35-,38?,39-,40-,42+,44-,45-/m1/s1. The van der Waals surface area contributed by atoms with Gasteiger partial charge in [-0.15, -0.1) is 5.10 Å². The third kappa shape index (κ3) is 10.8. The molecular formula is C45H67N9O9. The number of anilines is 2. The molecule has 13 atom stereocenters. The van der Waals surface area contributed by atoms with Gasteiger partial charge in [0.25, 0.3) is 0 Å². The summed E-state index contributed by atoms with van der Waals surface area (Å²) < 4.78 is 33.4. The molecule has 0 saturated carbocycles. The van der Waals surface area contributed by atoms with E-state index in [1.54, 1.807) is 42.2 Å².